The first-order valence-corrected chi connectivity index (χ1v) is 10.4. The van der Waals surface area contributed by atoms with Crippen molar-refractivity contribution in [1.82, 2.24) is 4.90 Å². The van der Waals surface area contributed by atoms with Crippen LogP contribution in [0.3, 0.4) is 0 Å². The van der Waals surface area contributed by atoms with Crippen molar-refractivity contribution >= 4 is 22.5 Å². The van der Waals surface area contributed by atoms with Crippen molar-refractivity contribution in [2.24, 2.45) is 0 Å². The lowest BCUT2D eigenvalue weighted by atomic mass is 10.0. The molecule has 1 aliphatic rings. The fourth-order valence-corrected chi connectivity index (χ4v) is 4.11. The number of hydrogen-bond donors (Lipinski definition) is 1. The predicted molar refractivity (Wildman–Crippen MR) is 115 cm³/mol. The minimum Gasteiger partial charge on any atom is -0.331 e. The number of fused-ring (bicyclic) bond motifs is 1. The second kappa shape index (κ2) is 9.01. The van der Waals surface area contributed by atoms with E-state index in [0.717, 1.165) is 32.7 Å². The molecule has 1 heterocycles. The van der Waals surface area contributed by atoms with Crippen LogP contribution in [0.4, 0.5) is 0 Å². The monoisotopic (exact) mass is 387 g/mol. The molecule has 3 aromatic rings. The maximum atomic E-state index is 12.5. The van der Waals surface area contributed by atoms with Gasteiger partial charge in [0.15, 0.2) is 5.78 Å². The lowest BCUT2D eigenvalue weighted by molar-refractivity contribution is -0.917. The molecule has 0 unspecified atom stereocenters. The number of Topliss-reactive ketones (excluding diaryl/α,β-unsaturated/α-hetero) is 1. The molecule has 0 bridgehead atoms. The van der Waals surface area contributed by atoms with E-state index in [1.165, 1.54) is 21.2 Å². The molecule has 148 valence electrons. The number of ketones is 1. The van der Waals surface area contributed by atoms with Crippen LogP contribution in [0.5, 0.6) is 0 Å². The summed E-state index contributed by atoms with van der Waals surface area (Å²) in [6, 6.07) is 24.2. The quantitative estimate of drug-likeness (QED) is 0.661. The van der Waals surface area contributed by atoms with Gasteiger partial charge in [0.1, 0.15) is 6.54 Å². The Bertz CT molecular complexity index is 987. The van der Waals surface area contributed by atoms with Crippen LogP contribution in [0.25, 0.3) is 10.8 Å². The summed E-state index contributed by atoms with van der Waals surface area (Å²) in [7, 11) is 0. The molecule has 4 nitrogen and oxygen atoms in total. The largest absolute Gasteiger partial charge is 0.331 e. The lowest BCUT2D eigenvalue weighted by Crippen LogP contribution is -3.13. The Balaban J connectivity index is 1.28. The smallest absolute Gasteiger partial charge is 0.223 e. The highest BCUT2D eigenvalue weighted by Gasteiger charge is 2.24. The van der Waals surface area contributed by atoms with E-state index in [9.17, 15) is 9.59 Å². The number of nitrogens with zero attached hydrogens (tertiary/aromatic N) is 1. The third-order valence-electron chi connectivity index (χ3n) is 5.81. The highest BCUT2D eigenvalue weighted by molar-refractivity contribution is 5.97. The summed E-state index contributed by atoms with van der Waals surface area (Å²) in [6.07, 6.45) is 0.582. The highest BCUT2D eigenvalue weighted by Crippen LogP contribution is 2.17. The number of rotatable bonds is 6. The van der Waals surface area contributed by atoms with Gasteiger partial charge < -0.3 is 9.80 Å². The average Bonchev–Trinajstić information content (AvgIpc) is 2.78. The number of piperazine rings is 1. The van der Waals surface area contributed by atoms with Crippen molar-refractivity contribution in [2.45, 2.75) is 19.4 Å². The predicted octanol–water partition coefficient (Wildman–Crippen LogP) is 2.73. The summed E-state index contributed by atoms with van der Waals surface area (Å²) in [4.78, 5) is 28.2. The summed E-state index contributed by atoms with van der Waals surface area (Å²) in [5.74, 6) is 0.137. The summed E-state index contributed by atoms with van der Waals surface area (Å²) >= 11 is 0. The molecule has 1 N–H and O–H groups in total. The van der Waals surface area contributed by atoms with Gasteiger partial charge in [-0.1, -0.05) is 72.8 Å². The van der Waals surface area contributed by atoms with Gasteiger partial charge in [0.25, 0.3) is 0 Å². The van der Waals surface area contributed by atoms with Crippen LogP contribution in [0.2, 0.25) is 0 Å². The minimum absolute atomic E-state index is 0.0409. The van der Waals surface area contributed by atoms with Crippen LogP contribution >= 0.6 is 0 Å². The van der Waals surface area contributed by atoms with Gasteiger partial charge in [-0.15, -0.1) is 0 Å². The molecule has 0 atom stereocenters. The summed E-state index contributed by atoms with van der Waals surface area (Å²) in [5.41, 5.74) is 2.05. The van der Waals surface area contributed by atoms with Gasteiger partial charge in [0.05, 0.1) is 26.2 Å². The SMILES string of the molecule is O=C(CCC(=O)N1CC[NH+](Cc2cccc3ccccc23)CC1)c1ccccc1. The molecule has 0 spiro atoms. The molecule has 1 saturated heterocycles. The first-order valence-electron chi connectivity index (χ1n) is 10.4. The van der Waals surface area contributed by atoms with Crippen molar-refractivity contribution in [1.29, 1.82) is 0 Å². The van der Waals surface area contributed by atoms with Crippen LogP contribution in [0.1, 0.15) is 28.8 Å². The molecule has 0 saturated carbocycles. The van der Waals surface area contributed by atoms with Crippen LogP contribution in [0.15, 0.2) is 72.8 Å². The normalized spacial score (nSPS) is 14.8. The van der Waals surface area contributed by atoms with E-state index in [-0.39, 0.29) is 18.1 Å². The number of benzene rings is 3. The summed E-state index contributed by atoms with van der Waals surface area (Å²) < 4.78 is 0. The van der Waals surface area contributed by atoms with E-state index < -0.39 is 0 Å². The van der Waals surface area contributed by atoms with Gasteiger partial charge in [-0.05, 0) is 10.8 Å². The maximum absolute atomic E-state index is 12.5. The molecule has 0 aromatic heterocycles. The zero-order chi connectivity index (χ0) is 20.1. The van der Waals surface area contributed by atoms with Gasteiger partial charge in [-0.2, -0.15) is 0 Å². The fourth-order valence-electron chi connectivity index (χ4n) is 4.11. The Morgan fingerprint density at radius 1 is 0.793 bits per heavy atom. The second-order valence-electron chi connectivity index (χ2n) is 7.74. The summed E-state index contributed by atoms with van der Waals surface area (Å²) in [5, 5.41) is 2.60. The number of hydrogen-bond acceptors (Lipinski definition) is 2. The molecule has 0 radical (unpaired) electrons. The Morgan fingerprint density at radius 3 is 2.28 bits per heavy atom. The number of carbonyl (C=O) groups excluding carboxylic acids is 2. The average molecular weight is 388 g/mol. The first-order chi connectivity index (χ1) is 14.2. The van der Waals surface area contributed by atoms with Crippen LogP contribution < -0.4 is 4.90 Å². The minimum atomic E-state index is 0.0409. The van der Waals surface area contributed by atoms with E-state index in [0.29, 0.717) is 12.0 Å². The van der Waals surface area contributed by atoms with Gasteiger partial charge >= 0.3 is 0 Å². The molecule has 4 rings (SSSR count). The Morgan fingerprint density at radius 2 is 1.48 bits per heavy atom. The van der Waals surface area contributed by atoms with E-state index in [2.05, 4.69) is 42.5 Å². The first kappa shape index (κ1) is 19.3. The molecule has 29 heavy (non-hydrogen) atoms. The van der Waals surface area contributed by atoms with Crippen molar-refractivity contribution in [2.75, 3.05) is 26.2 Å². The number of amides is 1. The van der Waals surface area contributed by atoms with E-state index in [1.54, 1.807) is 0 Å². The molecule has 0 aliphatic carbocycles. The molecule has 1 fully saturated rings. The fraction of sp³-hybridized carbons (Fsp3) is 0.280. The molecule has 1 aliphatic heterocycles. The van der Waals surface area contributed by atoms with E-state index in [1.807, 2.05) is 35.2 Å². The Hall–Kier alpha value is -2.98. The number of nitrogens with one attached hydrogen (secondary N) is 1. The van der Waals surface area contributed by atoms with Crippen molar-refractivity contribution in [3.05, 3.63) is 83.9 Å². The zero-order valence-electron chi connectivity index (χ0n) is 16.6. The van der Waals surface area contributed by atoms with Crippen LogP contribution in [0, 0.1) is 0 Å². The maximum Gasteiger partial charge on any atom is 0.223 e. The van der Waals surface area contributed by atoms with Crippen molar-refractivity contribution in [3.63, 3.8) is 0 Å². The molecule has 3 aromatic carbocycles. The van der Waals surface area contributed by atoms with E-state index >= 15 is 0 Å². The Labute approximate surface area is 171 Å². The lowest BCUT2D eigenvalue weighted by Gasteiger charge is -2.32. The van der Waals surface area contributed by atoms with Gasteiger partial charge in [-0.3, -0.25) is 9.59 Å². The highest BCUT2D eigenvalue weighted by atomic mass is 16.2. The van der Waals surface area contributed by atoms with Gasteiger partial charge in [0.2, 0.25) is 5.91 Å². The topological polar surface area (TPSA) is 41.8 Å². The van der Waals surface area contributed by atoms with Crippen LogP contribution in [-0.2, 0) is 11.3 Å². The molecule has 1 amide bonds. The van der Waals surface area contributed by atoms with Gasteiger partial charge in [-0.25, -0.2) is 0 Å². The third-order valence-corrected chi connectivity index (χ3v) is 5.81. The second-order valence-corrected chi connectivity index (χ2v) is 7.74. The van der Waals surface area contributed by atoms with E-state index in [4.69, 9.17) is 0 Å². The van der Waals surface area contributed by atoms with Crippen molar-refractivity contribution < 1.29 is 14.5 Å². The zero-order valence-corrected chi connectivity index (χ0v) is 16.6. The van der Waals surface area contributed by atoms with Crippen LogP contribution in [-0.4, -0.2) is 42.8 Å². The third kappa shape index (κ3) is 4.72. The number of carbonyl (C=O) groups is 2. The number of quaternary nitrogens is 1. The Kier molecular flexibility index (Phi) is 6.01. The molecular formula is C25H27N2O2+. The van der Waals surface area contributed by atoms with Gasteiger partial charge in [0, 0.05) is 24.0 Å². The molecular weight excluding hydrogens is 360 g/mol. The standard InChI is InChI=1S/C25H26N2O2/c28-24(21-8-2-1-3-9-21)13-14-25(29)27-17-15-26(16-18-27)19-22-11-6-10-20-7-4-5-12-23(20)22/h1-12H,13-19H2/p+1. The summed E-state index contributed by atoms with van der Waals surface area (Å²) in [6.45, 7) is 4.40. The molecule has 4 heteroatoms. The van der Waals surface area contributed by atoms with Crippen molar-refractivity contribution in [3.8, 4) is 0 Å².